The highest BCUT2D eigenvalue weighted by molar-refractivity contribution is 5.78. The van der Waals surface area contributed by atoms with Crippen LogP contribution in [0.5, 0.6) is 0 Å². The monoisotopic (exact) mass is 532 g/mol. The van der Waals surface area contributed by atoms with Gasteiger partial charge in [0.1, 0.15) is 0 Å². The molecule has 4 nitrogen and oxygen atoms in total. The van der Waals surface area contributed by atoms with Gasteiger partial charge in [-0.05, 0) is 66.4 Å². The van der Waals surface area contributed by atoms with Crippen molar-refractivity contribution in [3.05, 3.63) is 145 Å². The summed E-state index contributed by atoms with van der Waals surface area (Å²) in [6.07, 6.45) is 1.12. The summed E-state index contributed by atoms with van der Waals surface area (Å²) < 4.78 is 0. The Balaban J connectivity index is 1.40. The van der Waals surface area contributed by atoms with Crippen molar-refractivity contribution in [3.8, 4) is 34.2 Å². The first-order valence-electron chi connectivity index (χ1n) is 14.1. The SMILES string of the molecule is CCC(C)c1ccc(N(c2ccccc2)c2ccc(-c3nc(-c4ccccc4)nc(-c4ccccc4)n3)cc2)cc1. The molecule has 1 heterocycles. The highest BCUT2D eigenvalue weighted by Gasteiger charge is 2.15. The van der Waals surface area contributed by atoms with Crippen molar-refractivity contribution >= 4 is 17.1 Å². The predicted molar refractivity (Wildman–Crippen MR) is 170 cm³/mol. The quantitative estimate of drug-likeness (QED) is 0.196. The summed E-state index contributed by atoms with van der Waals surface area (Å²) in [4.78, 5) is 16.9. The van der Waals surface area contributed by atoms with Gasteiger partial charge >= 0.3 is 0 Å². The lowest BCUT2D eigenvalue weighted by Crippen LogP contribution is -2.10. The number of hydrogen-bond donors (Lipinski definition) is 0. The molecule has 4 heteroatoms. The average molecular weight is 533 g/mol. The van der Waals surface area contributed by atoms with Gasteiger partial charge in [-0.2, -0.15) is 0 Å². The number of anilines is 3. The molecule has 0 bridgehead atoms. The van der Waals surface area contributed by atoms with Crippen LogP contribution in [0.3, 0.4) is 0 Å². The van der Waals surface area contributed by atoms with E-state index in [0.717, 1.165) is 40.2 Å². The standard InChI is InChI=1S/C37H32N4/c1-3-27(2)28-19-23-33(24-20-28)41(32-17-11-6-12-18-32)34-25-21-31(22-26-34)37-39-35(29-13-7-4-8-14-29)38-36(40-37)30-15-9-5-10-16-30/h4-27H,3H2,1-2H3. The maximum Gasteiger partial charge on any atom is 0.164 e. The summed E-state index contributed by atoms with van der Waals surface area (Å²) >= 11 is 0. The van der Waals surface area contributed by atoms with Crippen LogP contribution < -0.4 is 4.90 Å². The molecule has 1 atom stereocenters. The topological polar surface area (TPSA) is 41.9 Å². The molecule has 41 heavy (non-hydrogen) atoms. The molecule has 0 saturated heterocycles. The van der Waals surface area contributed by atoms with Crippen molar-refractivity contribution in [2.75, 3.05) is 4.90 Å². The van der Waals surface area contributed by atoms with E-state index < -0.39 is 0 Å². The van der Waals surface area contributed by atoms with Crippen molar-refractivity contribution in [1.82, 2.24) is 15.0 Å². The van der Waals surface area contributed by atoms with E-state index in [1.807, 2.05) is 66.7 Å². The van der Waals surface area contributed by atoms with Gasteiger partial charge in [-0.25, -0.2) is 15.0 Å². The molecule has 1 unspecified atom stereocenters. The Labute approximate surface area is 242 Å². The first-order valence-corrected chi connectivity index (χ1v) is 14.1. The third-order valence-electron chi connectivity index (χ3n) is 7.43. The smallest absolute Gasteiger partial charge is 0.164 e. The van der Waals surface area contributed by atoms with Crippen LogP contribution in [0, 0.1) is 0 Å². The highest BCUT2D eigenvalue weighted by Crippen LogP contribution is 2.36. The van der Waals surface area contributed by atoms with Gasteiger partial charge in [0, 0.05) is 33.8 Å². The Morgan fingerprint density at radius 3 is 1.27 bits per heavy atom. The molecule has 5 aromatic carbocycles. The number of rotatable bonds is 8. The summed E-state index contributed by atoms with van der Waals surface area (Å²) in [5.74, 6) is 2.50. The van der Waals surface area contributed by atoms with E-state index in [2.05, 4.69) is 91.5 Å². The first kappa shape index (κ1) is 26.1. The zero-order valence-electron chi connectivity index (χ0n) is 23.4. The Morgan fingerprint density at radius 2 is 0.829 bits per heavy atom. The predicted octanol–water partition coefficient (Wildman–Crippen LogP) is 9.86. The molecular weight excluding hydrogens is 500 g/mol. The Hall–Kier alpha value is -5.09. The van der Waals surface area contributed by atoms with Gasteiger partial charge in [0.25, 0.3) is 0 Å². The van der Waals surface area contributed by atoms with Crippen LogP contribution >= 0.6 is 0 Å². The molecule has 1 aromatic heterocycles. The van der Waals surface area contributed by atoms with Crippen molar-refractivity contribution < 1.29 is 0 Å². The van der Waals surface area contributed by atoms with Crippen LogP contribution in [0.1, 0.15) is 31.7 Å². The molecule has 0 aliphatic heterocycles. The van der Waals surface area contributed by atoms with Crippen LogP contribution in [0.4, 0.5) is 17.1 Å². The van der Waals surface area contributed by atoms with E-state index in [0.29, 0.717) is 23.4 Å². The molecule has 0 N–H and O–H groups in total. The van der Waals surface area contributed by atoms with Gasteiger partial charge < -0.3 is 4.90 Å². The van der Waals surface area contributed by atoms with E-state index in [-0.39, 0.29) is 0 Å². The number of hydrogen-bond acceptors (Lipinski definition) is 4. The molecule has 0 spiro atoms. The van der Waals surface area contributed by atoms with Gasteiger partial charge in [0.15, 0.2) is 17.5 Å². The van der Waals surface area contributed by atoms with Crippen LogP contribution in [0.15, 0.2) is 140 Å². The Bertz CT molecular complexity index is 1640. The maximum absolute atomic E-state index is 4.89. The molecule has 0 aliphatic rings. The molecule has 0 saturated carbocycles. The van der Waals surface area contributed by atoms with Crippen LogP contribution in [-0.4, -0.2) is 15.0 Å². The van der Waals surface area contributed by atoms with Gasteiger partial charge in [-0.15, -0.1) is 0 Å². The lowest BCUT2D eigenvalue weighted by atomic mass is 9.98. The molecule has 6 rings (SSSR count). The van der Waals surface area contributed by atoms with Crippen LogP contribution in [0.2, 0.25) is 0 Å². The molecular formula is C37H32N4. The zero-order chi connectivity index (χ0) is 28.0. The Kier molecular flexibility index (Phi) is 7.63. The number of para-hydroxylation sites is 1. The van der Waals surface area contributed by atoms with Crippen molar-refractivity contribution in [2.45, 2.75) is 26.2 Å². The van der Waals surface area contributed by atoms with E-state index in [9.17, 15) is 0 Å². The van der Waals surface area contributed by atoms with Gasteiger partial charge in [0.05, 0.1) is 0 Å². The minimum atomic E-state index is 0.537. The third-order valence-corrected chi connectivity index (χ3v) is 7.43. The maximum atomic E-state index is 4.89. The van der Waals surface area contributed by atoms with Gasteiger partial charge in [-0.3, -0.25) is 0 Å². The normalized spacial score (nSPS) is 11.7. The summed E-state index contributed by atoms with van der Waals surface area (Å²) in [7, 11) is 0. The van der Waals surface area contributed by atoms with E-state index >= 15 is 0 Å². The summed E-state index contributed by atoms with van der Waals surface area (Å²) in [6, 6.07) is 48.0. The minimum absolute atomic E-state index is 0.537. The number of benzene rings is 5. The summed E-state index contributed by atoms with van der Waals surface area (Å²) in [6.45, 7) is 4.50. The fourth-order valence-electron chi connectivity index (χ4n) is 4.91. The largest absolute Gasteiger partial charge is 0.311 e. The minimum Gasteiger partial charge on any atom is -0.311 e. The molecule has 0 fully saturated rings. The van der Waals surface area contributed by atoms with Crippen molar-refractivity contribution in [2.24, 2.45) is 0 Å². The van der Waals surface area contributed by atoms with Gasteiger partial charge in [0.2, 0.25) is 0 Å². The highest BCUT2D eigenvalue weighted by atomic mass is 15.1. The second kappa shape index (κ2) is 12.0. The molecule has 0 amide bonds. The van der Waals surface area contributed by atoms with Crippen LogP contribution in [-0.2, 0) is 0 Å². The number of aromatic nitrogens is 3. The van der Waals surface area contributed by atoms with E-state index in [1.165, 1.54) is 5.56 Å². The van der Waals surface area contributed by atoms with E-state index in [1.54, 1.807) is 0 Å². The second-order valence-electron chi connectivity index (χ2n) is 10.2. The van der Waals surface area contributed by atoms with E-state index in [4.69, 9.17) is 15.0 Å². The van der Waals surface area contributed by atoms with Crippen molar-refractivity contribution in [3.63, 3.8) is 0 Å². The lowest BCUT2D eigenvalue weighted by Gasteiger charge is -2.26. The molecule has 0 radical (unpaired) electrons. The fourth-order valence-corrected chi connectivity index (χ4v) is 4.91. The molecule has 6 aromatic rings. The second-order valence-corrected chi connectivity index (χ2v) is 10.2. The number of nitrogens with zero attached hydrogens (tertiary/aromatic N) is 4. The molecule has 200 valence electrons. The fraction of sp³-hybridized carbons (Fsp3) is 0.108. The third kappa shape index (κ3) is 5.78. The summed E-state index contributed by atoms with van der Waals surface area (Å²) in [5.41, 5.74) is 7.51. The zero-order valence-corrected chi connectivity index (χ0v) is 23.4. The van der Waals surface area contributed by atoms with Gasteiger partial charge in [-0.1, -0.05) is 105 Å². The Morgan fingerprint density at radius 1 is 0.463 bits per heavy atom. The van der Waals surface area contributed by atoms with Crippen molar-refractivity contribution in [1.29, 1.82) is 0 Å². The molecule has 0 aliphatic carbocycles. The average Bonchev–Trinajstić information content (AvgIpc) is 3.06. The lowest BCUT2D eigenvalue weighted by molar-refractivity contribution is 0.733. The first-order chi connectivity index (χ1) is 20.2. The van der Waals surface area contributed by atoms with Crippen LogP contribution in [0.25, 0.3) is 34.2 Å². The summed E-state index contributed by atoms with van der Waals surface area (Å²) in [5, 5.41) is 0.